The Morgan fingerprint density at radius 3 is 2.37 bits per heavy atom. The molecule has 1 heterocycles. The Morgan fingerprint density at radius 1 is 1.11 bits per heavy atom. The molecular formula is C20H22ClNO5. The zero-order chi connectivity index (χ0) is 19.4. The van der Waals surface area contributed by atoms with Crippen LogP contribution in [0, 0.1) is 5.41 Å². The molecule has 1 fully saturated rings. The van der Waals surface area contributed by atoms with Crippen LogP contribution in [0.25, 0.3) is 0 Å². The number of carbonyl (C=O) groups excluding carboxylic acids is 1. The van der Waals surface area contributed by atoms with Crippen molar-refractivity contribution in [3.8, 4) is 11.5 Å². The van der Waals surface area contributed by atoms with Gasteiger partial charge >= 0.3 is 0 Å². The van der Waals surface area contributed by atoms with Crippen LogP contribution in [-0.2, 0) is 14.3 Å². The molecule has 0 atom stereocenters. The monoisotopic (exact) mass is 391 g/mol. The van der Waals surface area contributed by atoms with Crippen molar-refractivity contribution in [1.29, 1.82) is 0 Å². The Morgan fingerprint density at radius 2 is 1.78 bits per heavy atom. The van der Waals surface area contributed by atoms with Gasteiger partial charge in [-0.05, 0) is 31.2 Å². The normalized spacial score (nSPS) is 22.1. The lowest BCUT2D eigenvalue weighted by Crippen LogP contribution is -2.45. The number of ether oxygens (including phenoxy) is 4. The van der Waals surface area contributed by atoms with Crippen molar-refractivity contribution in [1.82, 2.24) is 0 Å². The van der Waals surface area contributed by atoms with Gasteiger partial charge in [-0.3, -0.25) is 4.79 Å². The summed E-state index contributed by atoms with van der Waals surface area (Å²) in [5.74, 6) is 0.953. The van der Waals surface area contributed by atoms with Gasteiger partial charge in [-0.15, -0.1) is 0 Å². The van der Waals surface area contributed by atoms with Gasteiger partial charge in [0.05, 0.1) is 38.5 Å². The minimum atomic E-state index is -0.826. The number of anilines is 1. The van der Waals surface area contributed by atoms with E-state index in [9.17, 15) is 4.79 Å². The van der Waals surface area contributed by atoms with Gasteiger partial charge in [0, 0.05) is 16.7 Å². The Kier molecular flexibility index (Phi) is 5.89. The summed E-state index contributed by atoms with van der Waals surface area (Å²) in [6.45, 7) is 2.26. The van der Waals surface area contributed by atoms with E-state index in [1.165, 1.54) is 7.11 Å². The van der Waals surface area contributed by atoms with Crippen LogP contribution in [0.1, 0.15) is 18.8 Å². The van der Waals surface area contributed by atoms with Gasteiger partial charge in [0.2, 0.25) is 5.91 Å². The second kappa shape index (κ2) is 8.17. The first-order valence-electron chi connectivity index (χ1n) is 8.47. The summed E-state index contributed by atoms with van der Waals surface area (Å²) in [5, 5.41) is 3.53. The number of carbonyl (C=O) groups is 1. The van der Waals surface area contributed by atoms with E-state index >= 15 is 0 Å². The van der Waals surface area contributed by atoms with Crippen LogP contribution >= 0.6 is 11.6 Å². The van der Waals surface area contributed by atoms with Crippen molar-refractivity contribution in [2.24, 2.45) is 5.41 Å². The molecule has 0 aliphatic carbocycles. The molecule has 1 saturated heterocycles. The number of halogens is 1. The molecule has 2 aromatic carbocycles. The molecule has 1 amide bonds. The molecule has 7 heteroatoms. The number of hydrogen-bond acceptors (Lipinski definition) is 5. The number of benzene rings is 2. The fourth-order valence-corrected chi connectivity index (χ4v) is 2.85. The molecule has 144 valence electrons. The van der Waals surface area contributed by atoms with E-state index in [0.29, 0.717) is 22.2 Å². The summed E-state index contributed by atoms with van der Waals surface area (Å²) >= 11 is 5.91. The van der Waals surface area contributed by atoms with Crippen molar-refractivity contribution in [3.05, 3.63) is 53.1 Å². The third kappa shape index (κ3) is 4.35. The van der Waals surface area contributed by atoms with Crippen LogP contribution in [0.15, 0.2) is 42.5 Å². The maximum Gasteiger partial charge on any atom is 0.235 e. The van der Waals surface area contributed by atoms with Gasteiger partial charge in [-0.2, -0.15) is 0 Å². The zero-order valence-electron chi connectivity index (χ0n) is 15.5. The number of nitrogens with one attached hydrogen (secondary N) is 1. The van der Waals surface area contributed by atoms with Gasteiger partial charge in [-0.1, -0.05) is 23.7 Å². The molecule has 0 bridgehead atoms. The van der Waals surface area contributed by atoms with Crippen LogP contribution in [-0.4, -0.2) is 33.3 Å². The number of methoxy groups -OCH3 is 2. The molecule has 0 radical (unpaired) electrons. The van der Waals surface area contributed by atoms with Crippen LogP contribution in [0.2, 0.25) is 5.02 Å². The first-order valence-corrected chi connectivity index (χ1v) is 8.85. The summed E-state index contributed by atoms with van der Waals surface area (Å²) in [7, 11) is 3.11. The minimum absolute atomic E-state index is 0.208. The maximum atomic E-state index is 12.8. The van der Waals surface area contributed by atoms with Gasteiger partial charge in [0.25, 0.3) is 0 Å². The SMILES string of the molecule is COc1ccc(NC(=O)C2(C)COC(c3ccc(Cl)cc3)OC2)c(OC)c1. The van der Waals surface area contributed by atoms with Crippen molar-refractivity contribution in [3.63, 3.8) is 0 Å². The molecular weight excluding hydrogens is 370 g/mol. The highest BCUT2D eigenvalue weighted by Gasteiger charge is 2.40. The fourth-order valence-electron chi connectivity index (χ4n) is 2.73. The van der Waals surface area contributed by atoms with E-state index in [-0.39, 0.29) is 19.1 Å². The fraction of sp³-hybridized carbons (Fsp3) is 0.350. The molecule has 2 aromatic rings. The predicted octanol–water partition coefficient (Wildman–Crippen LogP) is 4.05. The molecule has 1 aliphatic rings. The van der Waals surface area contributed by atoms with Crippen molar-refractivity contribution < 1.29 is 23.7 Å². The predicted molar refractivity (Wildman–Crippen MR) is 102 cm³/mol. The standard InChI is InChI=1S/C20H22ClNO5/c1-20(11-26-18(27-12-20)13-4-6-14(21)7-5-13)19(23)22-16-9-8-15(24-2)10-17(16)25-3/h4-10,18H,11-12H2,1-3H3,(H,22,23). The molecule has 0 unspecified atom stereocenters. The molecule has 1 aliphatic heterocycles. The van der Waals surface area contributed by atoms with Crippen LogP contribution < -0.4 is 14.8 Å². The van der Waals surface area contributed by atoms with Crippen LogP contribution in [0.3, 0.4) is 0 Å². The second-order valence-electron chi connectivity index (χ2n) is 6.59. The van der Waals surface area contributed by atoms with E-state index in [4.69, 9.17) is 30.5 Å². The molecule has 3 rings (SSSR count). The zero-order valence-corrected chi connectivity index (χ0v) is 16.2. The highest BCUT2D eigenvalue weighted by atomic mass is 35.5. The quantitative estimate of drug-likeness (QED) is 0.833. The summed E-state index contributed by atoms with van der Waals surface area (Å²) in [6, 6.07) is 12.4. The second-order valence-corrected chi connectivity index (χ2v) is 7.02. The molecule has 1 N–H and O–H groups in total. The van der Waals surface area contributed by atoms with Crippen LogP contribution in [0.5, 0.6) is 11.5 Å². The molecule has 0 aromatic heterocycles. The lowest BCUT2D eigenvalue weighted by molar-refractivity contribution is -0.226. The number of rotatable bonds is 5. The van der Waals surface area contributed by atoms with E-state index < -0.39 is 11.7 Å². The summed E-state index contributed by atoms with van der Waals surface area (Å²) < 4.78 is 22.1. The first kappa shape index (κ1) is 19.5. The highest BCUT2D eigenvalue weighted by Crippen LogP contribution is 2.35. The Bertz CT molecular complexity index is 801. The Hall–Kier alpha value is -2.28. The Labute approximate surface area is 163 Å². The topological polar surface area (TPSA) is 66.0 Å². The number of amides is 1. The molecule has 0 spiro atoms. The van der Waals surface area contributed by atoms with Gasteiger partial charge in [-0.25, -0.2) is 0 Å². The lowest BCUT2D eigenvalue weighted by atomic mass is 9.90. The molecule has 27 heavy (non-hydrogen) atoms. The largest absolute Gasteiger partial charge is 0.497 e. The van der Waals surface area contributed by atoms with Gasteiger partial charge < -0.3 is 24.3 Å². The van der Waals surface area contributed by atoms with Crippen molar-refractivity contribution in [2.75, 3.05) is 32.8 Å². The maximum absolute atomic E-state index is 12.8. The Balaban J connectivity index is 1.66. The average Bonchev–Trinajstić information content (AvgIpc) is 2.69. The minimum Gasteiger partial charge on any atom is -0.497 e. The van der Waals surface area contributed by atoms with E-state index in [2.05, 4.69) is 5.32 Å². The van der Waals surface area contributed by atoms with Gasteiger partial charge in [0.1, 0.15) is 11.5 Å². The van der Waals surface area contributed by atoms with Gasteiger partial charge in [0.15, 0.2) is 6.29 Å². The molecule has 6 nitrogen and oxygen atoms in total. The smallest absolute Gasteiger partial charge is 0.235 e. The third-order valence-electron chi connectivity index (χ3n) is 4.45. The summed E-state index contributed by atoms with van der Waals surface area (Å²) in [5.41, 5.74) is 0.594. The van der Waals surface area contributed by atoms with Crippen LogP contribution in [0.4, 0.5) is 5.69 Å². The van der Waals surface area contributed by atoms with Crippen molar-refractivity contribution in [2.45, 2.75) is 13.2 Å². The summed E-state index contributed by atoms with van der Waals surface area (Å²) in [4.78, 5) is 12.8. The van der Waals surface area contributed by atoms with E-state index in [0.717, 1.165) is 5.56 Å². The number of hydrogen-bond donors (Lipinski definition) is 1. The molecule has 0 saturated carbocycles. The van der Waals surface area contributed by atoms with E-state index in [1.807, 2.05) is 12.1 Å². The average molecular weight is 392 g/mol. The van der Waals surface area contributed by atoms with E-state index in [1.54, 1.807) is 44.4 Å². The summed E-state index contributed by atoms with van der Waals surface area (Å²) in [6.07, 6.45) is -0.515. The highest BCUT2D eigenvalue weighted by molar-refractivity contribution is 6.30. The first-order chi connectivity index (χ1) is 12.9. The lowest BCUT2D eigenvalue weighted by Gasteiger charge is -2.36. The third-order valence-corrected chi connectivity index (χ3v) is 4.71. The van der Waals surface area contributed by atoms with Crippen molar-refractivity contribution >= 4 is 23.2 Å².